The van der Waals surface area contributed by atoms with Gasteiger partial charge in [-0.15, -0.1) is 0 Å². The molecule has 1 fully saturated rings. The molecule has 1 saturated heterocycles. The van der Waals surface area contributed by atoms with Crippen molar-refractivity contribution in [1.82, 2.24) is 20.1 Å². The van der Waals surface area contributed by atoms with E-state index in [2.05, 4.69) is 51.3 Å². The quantitative estimate of drug-likeness (QED) is 0.623. The first-order valence-electron chi connectivity index (χ1n) is 10.8. The zero-order chi connectivity index (χ0) is 20.5. The number of pyridine rings is 1. The van der Waals surface area contributed by atoms with Gasteiger partial charge in [0.1, 0.15) is 0 Å². The number of ether oxygens (including phenoxy) is 1. The average Bonchev–Trinajstić information content (AvgIpc) is 2.75. The van der Waals surface area contributed by atoms with Crippen LogP contribution in [-0.4, -0.2) is 79.2 Å². The molecule has 1 aliphatic heterocycles. The van der Waals surface area contributed by atoms with Crippen LogP contribution in [0.4, 0.5) is 0 Å². The van der Waals surface area contributed by atoms with Gasteiger partial charge < -0.3 is 10.1 Å². The van der Waals surface area contributed by atoms with Crippen LogP contribution in [-0.2, 0) is 16.0 Å². The van der Waals surface area contributed by atoms with Crippen LogP contribution in [0.15, 0.2) is 36.5 Å². The molecule has 3 rings (SSSR count). The van der Waals surface area contributed by atoms with Gasteiger partial charge in [-0.1, -0.05) is 31.2 Å². The summed E-state index contributed by atoms with van der Waals surface area (Å²) in [5.74, 6) is 0.107. The summed E-state index contributed by atoms with van der Waals surface area (Å²) in [6, 6.07) is 10.7. The number of para-hydroxylation sites is 1. The summed E-state index contributed by atoms with van der Waals surface area (Å²) in [7, 11) is 0. The molecule has 1 amide bonds. The summed E-state index contributed by atoms with van der Waals surface area (Å²) in [4.78, 5) is 21.7. The number of piperazine rings is 1. The molecule has 1 unspecified atom stereocenters. The van der Waals surface area contributed by atoms with Crippen LogP contribution in [0.2, 0.25) is 0 Å². The van der Waals surface area contributed by atoms with Crippen LogP contribution < -0.4 is 5.32 Å². The molecule has 158 valence electrons. The first-order valence-corrected chi connectivity index (χ1v) is 10.8. The molecule has 2 aromatic rings. The predicted molar refractivity (Wildman–Crippen MR) is 117 cm³/mol. The molecule has 1 N–H and O–H groups in total. The zero-order valence-corrected chi connectivity index (χ0v) is 17.8. The van der Waals surface area contributed by atoms with Gasteiger partial charge in [-0.2, -0.15) is 0 Å². The van der Waals surface area contributed by atoms with E-state index in [1.807, 2.05) is 19.2 Å². The van der Waals surface area contributed by atoms with Gasteiger partial charge in [0.15, 0.2) is 0 Å². The van der Waals surface area contributed by atoms with E-state index < -0.39 is 0 Å². The van der Waals surface area contributed by atoms with Crippen LogP contribution >= 0.6 is 0 Å². The lowest BCUT2D eigenvalue weighted by molar-refractivity contribution is -0.123. The molecule has 29 heavy (non-hydrogen) atoms. The van der Waals surface area contributed by atoms with Crippen molar-refractivity contribution in [2.45, 2.75) is 32.7 Å². The Kier molecular flexibility index (Phi) is 8.40. The summed E-state index contributed by atoms with van der Waals surface area (Å²) >= 11 is 0. The third-order valence-electron chi connectivity index (χ3n) is 5.69. The molecule has 0 saturated carbocycles. The van der Waals surface area contributed by atoms with Crippen molar-refractivity contribution in [2.75, 3.05) is 52.5 Å². The van der Waals surface area contributed by atoms with E-state index in [1.54, 1.807) is 0 Å². The molecule has 0 radical (unpaired) electrons. The average molecular weight is 399 g/mol. The second-order valence-electron chi connectivity index (χ2n) is 7.62. The van der Waals surface area contributed by atoms with Gasteiger partial charge in [0.25, 0.3) is 0 Å². The second kappa shape index (κ2) is 11.2. The molecule has 6 nitrogen and oxygen atoms in total. The smallest absolute Gasteiger partial charge is 0.234 e. The second-order valence-corrected chi connectivity index (χ2v) is 7.62. The number of carbonyl (C=O) groups excluding carboxylic acids is 1. The van der Waals surface area contributed by atoms with Crippen LogP contribution in [0.5, 0.6) is 0 Å². The van der Waals surface area contributed by atoms with Crippen molar-refractivity contribution in [2.24, 2.45) is 0 Å². The van der Waals surface area contributed by atoms with Crippen molar-refractivity contribution < 1.29 is 9.53 Å². The lowest BCUT2D eigenvalue weighted by Gasteiger charge is -2.40. The van der Waals surface area contributed by atoms with Crippen molar-refractivity contribution in [1.29, 1.82) is 0 Å². The minimum Gasteiger partial charge on any atom is -0.380 e. The maximum atomic E-state index is 12.5. The number of carbonyl (C=O) groups is 1. The van der Waals surface area contributed by atoms with E-state index in [0.29, 0.717) is 19.1 Å². The Hall–Kier alpha value is -2.02. The Labute approximate surface area is 174 Å². The van der Waals surface area contributed by atoms with Gasteiger partial charge in [0, 0.05) is 57.0 Å². The molecule has 1 aromatic carbocycles. The third kappa shape index (κ3) is 6.23. The fourth-order valence-corrected chi connectivity index (χ4v) is 4.07. The summed E-state index contributed by atoms with van der Waals surface area (Å²) in [5, 5.41) is 4.23. The topological polar surface area (TPSA) is 57.7 Å². The summed E-state index contributed by atoms with van der Waals surface area (Å²) in [6.07, 6.45) is 3.71. The Balaban J connectivity index is 1.42. The fraction of sp³-hybridized carbons (Fsp3) is 0.565. The molecule has 6 heteroatoms. The summed E-state index contributed by atoms with van der Waals surface area (Å²) in [5.41, 5.74) is 2.20. The molecule has 1 aliphatic rings. The molecule has 2 heterocycles. The van der Waals surface area contributed by atoms with Crippen molar-refractivity contribution in [3.63, 3.8) is 0 Å². The largest absolute Gasteiger partial charge is 0.380 e. The van der Waals surface area contributed by atoms with E-state index in [9.17, 15) is 4.79 Å². The molecular weight excluding hydrogens is 364 g/mol. The first kappa shape index (κ1) is 21.7. The lowest BCUT2D eigenvalue weighted by Crippen LogP contribution is -2.55. The molecular formula is C23H34N4O2. The number of fused-ring (bicyclic) bond motifs is 1. The Morgan fingerprint density at radius 1 is 1.24 bits per heavy atom. The Morgan fingerprint density at radius 2 is 2.10 bits per heavy atom. The number of aromatic nitrogens is 1. The monoisotopic (exact) mass is 398 g/mol. The van der Waals surface area contributed by atoms with Gasteiger partial charge in [-0.3, -0.25) is 19.6 Å². The number of nitrogens with zero attached hydrogens (tertiary/aromatic N) is 3. The first-order chi connectivity index (χ1) is 14.2. The molecule has 0 spiro atoms. The number of benzene rings is 1. The SMILES string of the molecule is CCOCCN1CCN(CC(=O)NCCc2cccc3cccnc23)CC1CC. The lowest BCUT2D eigenvalue weighted by atomic mass is 10.1. The zero-order valence-electron chi connectivity index (χ0n) is 17.8. The fourth-order valence-electron chi connectivity index (χ4n) is 4.07. The predicted octanol–water partition coefficient (Wildman–Crippen LogP) is 2.33. The molecule has 0 aliphatic carbocycles. The van der Waals surface area contributed by atoms with Gasteiger partial charge in [-0.25, -0.2) is 0 Å². The van der Waals surface area contributed by atoms with Crippen molar-refractivity contribution in [3.05, 3.63) is 42.1 Å². The molecule has 1 aromatic heterocycles. The van der Waals surface area contributed by atoms with Gasteiger partial charge >= 0.3 is 0 Å². The molecule has 0 bridgehead atoms. The number of nitrogens with one attached hydrogen (secondary N) is 1. The van der Waals surface area contributed by atoms with E-state index in [-0.39, 0.29) is 5.91 Å². The minimum absolute atomic E-state index is 0.107. The number of amides is 1. The van der Waals surface area contributed by atoms with Crippen LogP contribution in [0.1, 0.15) is 25.8 Å². The van der Waals surface area contributed by atoms with Crippen LogP contribution in [0.3, 0.4) is 0 Å². The number of rotatable bonds is 10. The highest BCUT2D eigenvalue weighted by molar-refractivity contribution is 5.81. The third-order valence-corrected chi connectivity index (χ3v) is 5.69. The number of hydrogen-bond donors (Lipinski definition) is 1. The normalized spacial score (nSPS) is 18.2. The Bertz CT molecular complexity index is 777. The molecule has 1 atom stereocenters. The van der Waals surface area contributed by atoms with Gasteiger partial charge in [-0.05, 0) is 31.4 Å². The van der Waals surface area contributed by atoms with Crippen LogP contribution in [0.25, 0.3) is 10.9 Å². The Morgan fingerprint density at radius 3 is 2.93 bits per heavy atom. The summed E-state index contributed by atoms with van der Waals surface area (Å²) < 4.78 is 5.50. The summed E-state index contributed by atoms with van der Waals surface area (Å²) in [6.45, 7) is 10.8. The van der Waals surface area contributed by atoms with Gasteiger partial charge in [0.05, 0.1) is 18.7 Å². The maximum Gasteiger partial charge on any atom is 0.234 e. The van der Waals surface area contributed by atoms with Crippen molar-refractivity contribution >= 4 is 16.8 Å². The highest BCUT2D eigenvalue weighted by Crippen LogP contribution is 2.16. The van der Waals surface area contributed by atoms with E-state index >= 15 is 0 Å². The van der Waals surface area contributed by atoms with Crippen LogP contribution in [0, 0.1) is 0 Å². The maximum absolute atomic E-state index is 12.5. The van der Waals surface area contributed by atoms with E-state index in [4.69, 9.17) is 4.74 Å². The van der Waals surface area contributed by atoms with E-state index in [1.165, 1.54) is 5.56 Å². The highest BCUT2D eigenvalue weighted by atomic mass is 16.5. The van der Waals surface area contributed by atoms with Gasteiger partial charge in [0.2, 0.25) is 5.91 Å². The van der Waals surface area contributed by atoms with Crippen molar-refractivity contribution in [3.8, 4) is 0 Å². The minimum atomic E-state index is 0.107. The van der Waals surface area contributed by atoms with E-state index in [0.717, 1.165) is 63.1 Å². The highest BCUT2D eigenvalue weighted by Gasteiger charge is 2.26. The number of hydrogen-bond acceptors (Lipinski definition) is 5. The standard InChI is InChI=1S/C23H34N4O2/c1-3-21-17-26(13-14-27(21)15-16-29-4-2)18-22(28)24-12-10-20-8-5-7-19-9-6-11-25-23(19)20/h5-9,11,21H,3-4,10,12-18H2,1-2H3,(H,24,28).